The Morgan fingerprint density at radius 2 is 2.00 bits per heavy atom. The summed E-state index contributed by atoms with van der Waals surface area (Å²) in [5.41, 5.74) is 1.67. The molecule has 2 N–H and O–H groups in total. The lowest BCUT2D eigenvalue weighted by atomic mass is 10.1. The Hall–Kier alpha value is -2.51. The molecule has 28 heavy (non-hydrogen) atoms. The van der Waals surface area contributed by atoms with E-state index in [1.165, 1.54) is 11.0 Å². The monoisotopic (exact) mass is 409 g/mol. The lowest BCUT2D eigenvalue weighted by Crippen LogP contribution is -2.28. The van der Waals surface area contributed by atoms with Crippen molar-refractivity contribution in [3.05, 3.63) is 59.7 Å². The van der Waals surface area contributed by atoms with Gasteiger partial charge in [0.15, 0.2) is 0 Å². The van der Waals surface area contributed by atoms with Gasteiger partial charge in [-0.2, -0.15) is 0 Å². The van der Waals surface area contributed by atoms with Gasteiger partial charge in [-0.25, -0.2) is 8.78 Å². The second-order valence-electron chi connectivity index (χ2n) is 6.47. The molecular weight excluding hydrogens is 388 g/mol. The summed E-state index contributed by atoms with van der Waals surface area (Å²) in [4.78, 5) is 26.0. The molecule has 150 valence electrons. The van der Waals surface area contributed by atoms with Crippen LogP contribution in [0.4, 0.5) is 20.2 Å². The Labute approximate surface area is 168 Å². The summed E-state index contributed by atoms with van der Waals surface area (Å²) in [6.07, 6.45) is -0.0142. The number of carbonyl (C=O) groups is 2. The molecule has 0 spiro atoms. The van der Waals surface area contributed by atoms with E-state index in [0.29, 0.717) is 12.2 Å². The second-order valence-corrected chi connectivity index (χ2v) is 6.47. The van der Waals surface area contributed by atoms with Crippen molar-refractivity contribution in [2.24, 2.45) is 5.92 Å². The molecule has 2 aromatic rings. The maximum Gasteiger partial charge on any atom is 0.229 e. The quantitative estimate of drug-likeness (QED) is 0.767. The highest BCUT2D eigenvalue weighted by Gasteiger charge is 2.36. The lowest BCUT2D eigenvalue weighted by Gasteiger charge is -2.17. The Kier molecular flexibility index (Phi) is 7.48. The van der Waals surface area contributed by atoms with E-state index in [2.05, 4.69) is 10.6 Å². The van der Waals surface area contributed by atoms with Crippen LogP contribution in [0.2, 0.25) is 0 Å². The van der Waals surface area contributed by atoms with Crippen molar-refractivity contribution >= 4 is 35.6 Å². The van der Waals surface area contributed by atoms with Crippen molar-refractivity contribution in [3.63, 3.8) is 0 Å². The van der Waals surface area contributed by atoms with Gasteiger partial charge in [-0.05, 0) is 36.4 Å². The van der Waals surface area contributed by atoms with Crippen LogP contribution < -0.4 is 15.5 Å². The van der Waals surface area contributed by atoms with Gasteiger partial charge in [0.1, 0.15) is 11.6 Å². The van der Waals surface area contributed by atoms with Crippen molar-refractivity contribution in [2.45, 2.75) is 19.9 Å². The fourth-order valence-corrected chi connectivity index (χ4v) is 3.09. The van der Waals surface area contributed by atoms with E-state index >= 15 is 0 Å². The van der Waals surface area contributed by atoms with Crippen molar-refractivity contribution < 1.29 is 18.4 Å². The molecule has 2 amide bonds. The molecule has 1 fully saturated rings. The molecule has 1 aliphatic heterocycles. The van der Waals surface area contributed by atoms with Crippen LogP contribution in [-0.2, 0) is 16.1 Å². The highest BCUT2D eigenvalue weighted by Crippen LogP contribution is 2.28. The van der Waals surface area contributed by atoms with Gasteiger partial charge in [-0.3, -0.25) is 9.59 Å². The number of benzene rings is 2. The van der Waals surface area contributed by atoms with Crippen molar-refractivity contribution in [1.82, 2.24) is 5.32 Å². The standard InChI is InChI=1S/C20H21F2N3O2.ClH/c1-2-23-11-13-4-3-5-16(8-13)24-20(27)14-9-19(26)25(12-14)18-7-6-15(21)10-17(18)22;/h3-8,10,14,23H,2,9,11-12H2,1H3,(H,24,27);1H. The average Bonchev–Trinajstić information content (AvgIpc) is 3.02. The second kappa shape index (κ2) is 9.61. The smallest absolute Gasteiger partial charge is 0.229 e. The Bertz CT molecular complexity index is 863. The normalized spacial score (nSPS) is 16.0. The van der Waals surface area contributed by atoms with Gasteiger partial charge >= 0.3 is 0 Å². The molecule has 8 heteroatoms. The third-order valence-electron chi connectivity index (χ3n) is 4.47. The number of hydrogen-bond donors (Lipinski definition) is 2. The van der Waals surface area contributed by atoms with E-state index in [1.807, 2.05) is 25.1 Å². The van der Waals surface area contributed by atoms with Crippen molar-refractivity contribution in [2.75, 3.05) is 23.3 Å². The number of nitrogens with one attached hydrogen (secondary N) is 2. The van der Waals surface area contributed by atoms with Crippen molar-refractivity contribution in [3.8, 4) is 0 Å². The van der Waals surface area contributed by atoms with Crippen LogP contribution in [0.15, 0.2) is 42.5 Å². The van der Waals surface area contributed by atoms with E-state index < -0.39 is 17.6 Å². The fourth-order valence-electron chi connectivity index (χ4n) is 3.09. The third-order valence-corrected chi connectivity index (χ3v) is 4.47. The Morgan fingerprint density at radius 3 is 2.71 bits per heavy atom. The molecular formula is C20H22ClF2N3O2. The third kappa shape index (κ3) is 5.05. The van der Waals surface area contributed by atoms with E-state index in [-0.39, 0.29) is 42.9 Å². The molecule has 2 aromatic carbocycles. The van der Waals surface area contributed by atoms with E-state index in [1.54, 1.807) is 6.07 Å². The fraction of sp³-hybridized carbons (Fsp3) is 0.300. The first kappa shape index (κ1) is 21.8. The molecule has 5 nitrogen and oxygen atoms in total. The summed E-state index contributed by atoms with van der Waals surface area (Å²) in [5.74, 6) is -2.79. The number of hydrogen-bond acceptors (Lipinski definition) is 3. The van der Waals surface area contributed by atoms with Crippen molar-refractivity contribution in [1.29, 1.82) is 0 Å². The van der Waals surface area contributed by atoms with Gasteiger partial charge in [0.05, 0.1) is 11.6 Å². The first-order chi connectivity index (χ1) is 13.0. The van der Waals surface area contributed by atoms with E-state index in [4.69, 9.17) is 0 Å². The SMILES string of the molecule is CCNCc1cccc(NC(=O)C2CC(=O)N(c3ccc(F)cc3F)C2)c1.Cl. The zero-order chi connectivity index (χ0) is 19.4. The number of carbonyl (C=O) groups excluding carboxylic acids is 2. The lowest BCUT2D eigenvalue weighted by molar-refractivity contribution is -0.122. The van der Waals surface area contributed by atoms with E-state index in [0.717, 1.165) is 24.2 Å². The average molecular weight is 410 g/mol. The summed E-state index contributed by atoms with van der Waals surface area (Å²) < 4.78 is 27.0. The van der Waals surface area contributed by atoms with Crippen LogP contribution in [0.5, 0.6) is 0 Å². The summed E-state index contributed by atoms with van der Waals surface area (Å²) in [6, 6.07) is 10.5. The Morgan fingerprint density at radius 1 is 1.21 bits per heavy atom. The summed E-state index contributed by atoms with van der Waals surface area (Å²) in [5, 5.41) is 6.03. The number of anilines is 2. The molecule has 1 saturated heterocycles. The van der Waals surface area contributed by atoms with Crippen LogP contribution in [0.3, 0.4) is 0 Å². The first-order valence-corrected chi connectivity index (χ1v) is 8.84. The minimum atomic E-state index is -0.819. The maximum atomic E-state index is 14.0. The number of nitrogens with zero attached hydrogens (tertiary/aromatic N) is 1. The summed E-state index contributed by atoms with van der Waals surface area (Å²) in [7, 11) is 0. The zero-order valence-electron chi connectivity index (χ0n) is 15.4. The van der Waals surface area contributed by atoms with Crippen LogP contribution in [0, 0.1) is 17.6 Å². The first-order valence-electron chi connectivity index (χ1n) is 8.84. The van der Waals surface area contributed by atoms with Crippen LogP contribution >= 0.6 is 12.4 Å². The summed E-state index contributed by atoms with van der Waals surface area (Å²) >= 11 is 0. The van der Waals surface area contributed by atoms with Gasteiger partial charge < -0.3 is 15.5 Å². The Balaban J connectivity index is 0.00000280. The van der Waals surface area contributed by atoms with Gasteiger partial charge in [0, 0.05) is 31.3 Å². The minimum Gasteiger partial charge on any atom is -0.326 e. The zero-order valence-corrected chi connectivity index (χ0v) is 16.2. The number of amides is 2. The van der Waals surface area contributed by atoms with Crippen LogP contribution in [0.25, 0.3) is 0 Å². The largest absolute Gasteiger partial charge is 0.326 e. The van der Waals surface area contributed by atoms with Crippen LogP contribution in [0.1, 0.15) is 18.9 Å². The van der Waals surface area contributed by atoms with Gasteiger partial charge in [0.25, 0.3) is 0 Å². The molecule has 1 aliphatic rings. The van der Waals surface area contributed by atoms with Gasteiger partial charge in [-0.1, -0.05) is 19.1 Å². The minimum absolute atomic E-state index is 0. The molecule has 1 unspecified atom stereocenters. The molecule has 1 heterocycles. The summed E-state index contributed by atoms with van der Waals surface area (Å²) in [6.45, 7) is 3.61. The molecule has 0 saturated carbocycles. The predicted molar refractivity (Wildman–Crippen MR) is 107 cm³/mol. The maximum absolute atomic E-state index is 14.0. The number of rotatable bonds is 6. The molecule has 1 atom stereocenters. The molecule has 3 rings (SSSR count). The molecule has 0 bridgehead atoms. The van der Waals surface area contributed by atoms with Gasteiger partial charge in [-0.15, -0.1) is 12.4 Å². The molecule has 0 aliphatic carbocycles. The highest BCUT2D eigenvalue weighted by molar-refractivity contribution is 6.03. The number of halogens is 3. The predicted octanol–water partition coefficient (Wildman–Crippen LogP) is 3.49. The van der Waals surface area contributed by atoms with Gasteiger partial charge in [0.2, 0.25) is 11.8 Å². The van der Waals surface area contributed by atoms with E-state index in [9.17, 15) is 18.4 Å². The molecule has 0 radical (unpaired) electrons. The highest BCUT2D eigenvalue weighted by atomic mass is 35.5. The topological polar surface area (TPSA) is 61.4 Å². The van der Waals surface area contributed by atoms with Crippen LogP contribution in [-0.4, -0.2) is 24.9 Å². The molecule has 0 aromatic heterocycles.